The highest BCUT2D eigenvalue weighted by Gasteiger charge is 2.17. The number of aryl methyl sites for hydroxylation is 2. The van der Waals surface area contributed by atoms with E-state index in [1.807, 2.05) is 0 Å². The van der Waals surface area contributed by atoms with Gasteiger partial charge in [0.25, 0.3) is 0 Å². The monoisotopic (exact) mass is 402 g/mol. The van der Waals surface area contributed by atoms with E-state index in [4.69, 9.17) is 20.7 Å². The van der Waals surface area contributed by atoms with Crippen LogP contribution in [-0.2, 0) is 4.74 Å². The van der Waals surface area contributed by atoms with E-state index in [2.05, 4.69) is 5.32 Å². The van der Waals surface area contributed by atoms with E-state index in [1.165, 1.54) is 18.2 Å². The fourth-order valence-electron chi connectivity index (χ4n) is 2.16. The number of nitrogens with one attached hydrogen (secondary N) is 1. The topological polar surface area (TPSA) is 139 Å². The van der Waals surface area contributed by atoms with Gasteiger partial charge in [0, 0.05) is 11.4 Å². The third-order valence-electron chi connectivity index (χ3n) is 3.63. The van der Waals surface area contributed by atoms with E-state index in [-0.39, 0.29) is 11.1 Å². The van der Waals surface area contributed by atoms with Gasteiger partial charge in [-0.05, 0) is 82.1 Å². The molecule has 2 aromatic carbocycles. The SMILES string of the molecule is Cc1cc(C(=O)O)ccc1N.Cc1cc(C(=O)O)ccc1NC(=O)OC(C)(C)C. The summed E-state index contributed by atoms with van der Waals surface area (Å²) >= 11 is 0. The van der Waals surface area contributed by atoms with Gasteiger partial charge in [0.1, 0.15) is 5.60 Å². The van der Waals surface area contributed by atoms with Crippen LogP contribution in [0, 0.1) is 13.8 Å². The quantitative estimate of drug-likeness (QED) is 0.561. The summed E-state index contributed by atoms with van der Waals surface area (Å²) < 4.78 is 5.11. The smallest absolute Gasteiger partial charge is 0.412 e. The molecule has 5 N–H and O–H groups in total. The number of carboxylic acid groups (broad SMARTS) is 2. The molecule has 0 bridgehead atoms. The normalized spacial score (nSPS) is 10.4. The lowest BCUT2D eigenvalue weighted by Crippen LogP contribution is -2.27. The van der Waals surface area contributed by atoms with Crippen LogP contribution in [-0.4, -0.2) is 33.8 Å². The van der Waals surface area contributed by atoms with Gasteiger partial charge < -0.3 is 20.7 Å². The van der Waals surface area contributed by atoms with Crippen LogP contribution in [0.4, 0.5) is 16.2 Å². The molecule has 0 fully saturated rings. The maximum absolute atomic E-state index is 11.5. The largest absolute Gasteiger partial charge is 0.478 e. The van der Waals surface area contributed by atoms with Crippen molar-refractivity contribution in [3.8, 4) is 0 Å². The Morgan fingerprint density at radius 3 is 1.79 bits per heavy atom. The highest BCUT2D eigenvalue weighted by molar-refractivity contribution is 5.91. The summed E-state index contributed by atoms with van der Waals surface area (Å²) in [6, 6.07) is 9.11. The van der Waals surface area contributed by atoms with Crippen molar-refractivity contribution in [3.05, 3.63) is 58.7 Å². The molecule has 156 valence electrons. The molecule has 0 heterocycles. The Bertz CT molecular complexity index is 916. The molecule has 0 spiro atoms. The van der Waals surface area contributed by atoms with Crippen molar-refractivity contribution < 1.29 is 29.3 Å². The maximum atomic E-state index is 11.5. The van der Waals surface area contributed by atoms with Gasteiger partial charge in [-0.15, -0.1) is 0 Å². The first-order valence-electron chi connectivity index (χ1n) is 8.73. The molecule has 0 aliphatic heterocycles. The number of anilines is 2. The van der Waals surface area contributed by atoms with E-state index < -0.39 is 23.6 Å². The van der Waals surface area contributed by atoms with Crippen molar-refractivity contribution in [1.29, 1.82) is 0 Å². The van der Waals surface area contributed by atoms with Gasteiger partial charge in [0.05, 0.1) is 11.1 Å². The van der Waals surface area contributed by atoms with Crippen molar-refractivity contribution in [3.63, 3.8) is 0 Å². The van der Waals surface area contributed by atoms with Crippen LogP contribution >= 0.6 is 0 Å². The number of carboxylic acids is 2. The molecule has 0 radical (unpaired) electrons. The number of benzene rings is 2. The van der Waals surface area contributed by atoms with Gasteiger partial charge in [-0.3, -0.25) is 5.32 Å². The Hall–Kier alpha value is -3.55. The zero-order chi connectivity index (χ0) is 22.4. The summed E-state index contributed by atoms with van der Waals surface area (Å²) in [6.45, 7) is 8.81. The van der Waals surface area contributed by atoms with Crippen molar-refractivity contribution in [1.82, 2.24) is 0 Å². The second-order valence-electron chi connectivity index (χ2n) is 7.34. The maximum Gasteiger partial charge on any atom is 0.412 e. The average molecular weight is 402 g/mol. The number of carbonyl (C=O) groups excluding carboxylic acids is 1. The number of aromatic carboxylic acids is 2. The predicted molar refractivity (Wildman–Crippen MR) is 111 cm³/mol. The van der Waals surface area contributed by atoms with Crippen LogP contribution in [0.3, 0.4) is 0 Å². The lowest BCUT2D eigenvalue weighted by molar-refractivity contribution is 0.0633. The number of nitrogens with two attached hydrogens (primary N) is 1. The van der Waals surface area contributed by atoms with Crippen molar-refractivity contribution in [2.75, 3.05) is 11.1 Å². The van der Waals surface area contributed by atoms with Crippen LogP contribution in [0.2, 0.25) is 0 Å². The van der Waals surface area contributed by atoms with Gasteiger partial charge in [-0.1, -0.05) is 0 Å². The van der Waals surface area contributed by atoms with Crippen LogP contribution in [0.15, 0.2) is 36.4 Å². The first-order chi connectivity index (χ1) is 13.3. The van der Waals surface area contributed by atoms with Crippen molar-refractivity contribution in [2.24, 2.45) is 0 Å². The number of rotatable bonds is 3. The Labute approximate surface area is 169 Å². The average Bonchev–Trinajstić information content (AvgIpc) is 2.57. The molecule has 2 rings (SSSR count). The Morgan fingerprint density at radius 1 is 0.897 bits per heavy atom. The van der Waals surface area contributed by atoms with E-state index in [1.54, 1.807) is 52.8 Å². The molecule has 0 aliphatic carbocycles. The molecule has 0 aromatic heterocycles. The van der Waals surface area contributed by atoms with Gasteiger partial charge in [-0.25, -0.2) is 14.4 Å². The number of carbonyl (C=O) groups is 3. The number of hydrogen-bond acceptors (Lipinski definition) is 5. The number of amides is 1. The fraction of sp³-hybridized carbons (Fsp3) is 0.286. The number of hydrogen-bond donors (Lipinski definition) is 4. The first kappa shape index (κ1) is 23.5. The molecular weight excluding hydrogens is 376 g/mol. The van der Waals surface area contributed by atoms with Gasteiger partial charge in [-0.2, -0.15) is 0 Å². The molecule has 0 saturated heterocycles. The van der Waals surface area contributed by atoms with Crippen LogP contribution in [0.25, 0.3) is 0 Å². The Balaban J connectivity index is 0.000000326. The summed E-state index contributed by atoms with van der Waals surface area (Å²) in [6.07, 6.45) is -0.561. The highest BCUT2D eigenvalue weighted by atomic mass is 16.6. The van der Waals surface area contributed by atoms with E-state index in [0.29, 0.717) is 16.9 Å². The minimum Gasteiger partial charge on any atom is -0.478 e. The standard InChI is InChI=1S/C13H17NO4.C8H9NO2/c1-8-7-9(11(15)16)5-6-10(8)14-12(17)18-13(2,3)4;1-5-4-6(8(10)11)2-3-7(5)9/h5-7H,1-4H3,(H,14,17)(H,15,16);2-4H,9H2,1H3,(H,10,11). The van der Waals surface area contributed by atoms with Crippen molar-refractivity contribution >= 4 is 29.4 Å². The van der Waals surface area contributed by atoms with Gasteiger partial charge in [0.15, 0.2) is 0 Å². The minimum atomic E-state index is -0.998. The summed E-state index contributed by atoms with van der Waals surface area (Å²) in [4.78, 5) is 32.7. The second-order valence-corrected chi connectivity index (χ2v) is 7.34. The summed E-state index contributed by atoms with van der Waals surface area (Å²) in [5.41, 5.74) is 8.00. The molecule has 2 aromatic rings. The number of nitrogen functional groups attached to an aromatic ring is 1. The molecule has 1 amide bonds. The Morgan fingerprint density at radius 2 is 1.38 bits per heavy atom. The lowest BCUT2D eigenvalue weighted by atomic mass is 10.1. The molecule has 0 aliphatic rings. The van der Waals surface area contributed by atoms with Crippen LogP contribution < -0.4 is 11.1 Å². The molecule has 29 heavy (non-hydrogen) atoms. The molecular formula is C21H26N2O6. The molecule has 8 nitrogen and oxygen atoms in total. The van der Waals surface area contributed by atoms with Gasteiger partial charge in [0.2, 0.25) is 0 Å². The highest BCUT2D eigenvalue weighted by Crippen LogP contribution is 2.18. The molecule has 0 saturated carbocycles. The van der Waals surface area contributed by atoms with E-state index >= 15 is 0 Å². The van der Waals surface area contributed by atoms with Crippen LogP contribution in [0.1, 0.15) is 52.6 Å². The lowest BCUT2D eigenvalue weighted by Gasteiger charge is -2.20. The zero-order valence-corrected chi connectivity index (χ0v) is 17.1. The molecule has 0 atom stereocenters. The summed E-state index contributed by atoms with van der Waals surface area (Å²) in [7, 11) is 0. The predicted octanol–water partition coefficient (Wildman–Crippen LogP) is 4.32. The Kier molecular flexibility index (Phi) is 7.76. The van der Waals surface area contributed by atoms with Crippen molar-refractivity contribution in [2.45, 2.75) is 40.2 Å². The van der Waals surface area contributed by atoms with Gasteiger partial charge >= 0.3 is 18.0 Å². The molecule has 0 unspecified atom stereocenters. The zero-order valence-electron chi connectivity index (χ0n) is 17.1. The third kappa shape index (κ3) is 7.92. The molecule has 8 heteroatoms. The number of ether oxygens (including phenoxy) is 1. The third-order valence-corrected chi connectivity index (χ3v) is 3.63. The van der Waals surface area contributed by atoms with E-state index in [9.17, 15) is 14.4 Å². The summed E-state index contributed by atoms with van der Waals surface area (Å²) in [5, 5.41) is 20.0. The second kappa shape index (κ2) is 9.59. The van der Waals surface area contributed by atoms with E-state index in [0.717, 1.165) is 5.56 Å². The first-order valence-corrected chi connectivity index (χ1v) is 8.73. The summed E-state index contributed by atoms with van der Waals surface area (Å²) in [5.74, 6) is -1.92. The fourth-order valence-corrected chi connectivity index (χ4v) is 2.16. The van der Waals surface area contributed by atoms with Crippen LogP contribution in [0.5, 0.6) is 0 Å². The minimum absolute atomic E-state index is 0.183.